The average molecular weight is 278 g/mol. The Labute approximate surface area is 123 Å². The van der Waals surface area contributed by atoms with Crippen LogP contribution in [0.5, 0.6) is 0 Å². The molecule has 0 radical (unpaired) electrons. The van der Waals surface area contributed by atoms with Gasteiger partial charge in [-0.1, -0.05) is 6.07 Å². The summed E-state index contributed by atoms with van der Waals surface area (Å²) < 4.78 is 2.21. The second kappa shape index (κ2) is 5.30. The summed E-state index contributed by atoms with van der Waals surface area (Å²) in [5.41, 5.74) is 3.49. The quantitative estimate of drug-likeness (QED) is 0.784. The average Bonchev–Trinajstić information content (AvgIpc) is 3.05. The number of nitrogens with zero attached hydrogens (tertiary/aromatic N) is 3. The van der Waals surface area contributed by atoms with Crippen molar-refractivity contribution in [3.8, 4) is 5.69 Å². The second-order valence-electron chi connectivity index (χ2n) is 5.61. The highest BCUT2D eigenvalue weighted by Crippen LogP contribution is 2.26. The highest BCUT2D eigenvalue weighted by atomic mass is 15.1. The molecule has 1 N–H and O–H groups in total. The van der Waals surface area contributed by atoms with Gasteiger partial charge in [0.1, 0.15) is 0 Å². The first-order valence-corrected chi connectivity index (χ1v) is 7.50. The van der Waals surface area contributed by atoms with E-state index in [0.717, 1.165) is 29.7 Å². The van der Waals surface area contributed by atoms with Crippen molar-refractivity contribution in [2.75, 3.05) is 13.1 Å². The first-order valence-electron chi connectivity index (χ1n) is 7.50. The lowest BCUT2D eigenvalue weighted by atomic mass is 9.96. The van der Waals surface area contributed by atoms with E-state index in [1.165, 1.54) is 18.5 Å². The van der Waals surface area contributed by atoms with Crippen LogP contribution >= 0.6 is 0 Å². The van der Waals surface area contributed by atoms with Gasteiger partial charge in [0.2, 0.25) is 0 Å². The number of fused-ring (bicyclic) bond motifs is 1. The van der Waals surface area contributed by atoms with Gasteiger partial charge in [-0.15, -0.1) is 0 Å². The van der Waals surface area contributed by atoms with E-state index in [9.17, 15) is 0 Å². The van der Waals surface area contributed by atoms with E-state index in [2.05, 4.69) is 44.1 Å². The van der Waals surface area contributed by atoms with Crippen molar-refractivity contribution < 1.29 is 0 Å². The normalized spacial score (nSPS) is 19.0. The zero-order valence-electron chi connectivity index (χ0n) is 11.9. The molecule has 1 atom stereocenters. The van der Waals surface area contributed by atoms with Crippen molar-refractivity contribution in [3.63, 3.8) is 0 Å². The molecule has 0 amide bonds. The summed E-state index contributed by atoms with van der Waals surface area (Å²) in [6.45, 7) is 2.17. The number of aromatic nitrogens is 3. The molecule has 4 heteroatoms. The minimum Gasteiger partial charge on any atom is -0.316 e. The minimum absolute atomic E-state index is 0.547. The maximum Gasteiger partial charge on any atom is 0.0994 e. The Hall–Kier alpha value is -2.20. The Morgan fingerprint density at radius 3 is 3.14 bits per heavy atom. The van der Waals surface area contributed by atoms with Crippen molar-refractivity contribution >= 4 is 10.9 Å². The molecule has 0 bridgehead atoms. The highest BCUT2D eigenvalue weighted by molar-refractivity contribution is 5.80. The molecule has 21 heavy (non-hydrogen) atoms. The van der Waals surface area contributed by atoms with Crippen LogP contribution in [0.15, 0.2) is 49.1 Å². The molecule has 1 aromatic carbocycles. The van der Waals surface area contributed by atoms with Crippen molar-refractivity contribution in [1.29, 1.82) is 0 Å². The van der Waals surface area contributed by atoms with E-state index in [1.807, 2.05) is 24.8 Å². The Kier molecular flexibility index (Phi) is 3.16. The van der Waals surface area contributed by atoms with Gasteiger partial charge in [0.25, 0.3) is 0 Å². The molecule has 0 aliphatic carbocycles. The molecule has 1 saturated heterocycles. The molecule has 3 heterocycles. The van der Waals surface area contributed by atoms with Crippen LogP contribution < -0.4 is 5.32 Å². The molecular formula is C17H18N4. The lowest BCUT2D eigenvalue weighted by Crippen LogP contribution is -2.29. The third kappa shape index (κ3) is 2.32. The van der Waals surface area contributed by atoms with Crippen molar-refractivity contribution in [3.05, 3.63) is 54.7 Å². The Morgan fingerprint density at radius 1 is 1.24 bits per heavy atom. The number of piperidine rings is 1. The lowest BCUT2D eigenvalue weighted by Gasteiger charge is -2.23. The summed E-state index contributed by atoms with van der Waals surface area (Å²) >= 11 is 0. The largest absolute Gasteiger partial charge is 0.316 e. The molecule has 0 saturated carbocycles. The number of rotatable bonds is 2. The van der Waals surface area contributed by atoms with Crippen molar-refractivity contribution in [2.24, 2.45) is 0 Å². The summed E-state index contributed by atoms with van der Waals surface area (Å²) in [5, 5.41) is 4.64. The number of hydrogen-bond donors (Lipinski definition) is 1. The smallest absolute Gasteiger partial charge is 0.0994 e. The van der Waals surface area contributed by atoms with Crippen LogP contribution in [0.3, 0.4) is 0 Å². The Bertz CT molecular complexity index is 756. The highest BCUT2D eigenvalue weighted by Gasteiger charge is 2.19. The number of nitrogens with one attached hydrogen (secondary N) is 1. The zero-order valence-corrected chi connectivity index (χ0v) is 11.9. The standard InChI is InChI=1S/C17H18N4/c1-4-14(10-18-7-1)17-11-19-12-21(17)15-5-6-16-13(9-15)3-2-8-20-16/h2-3,5-6,8-9,11-12,14,18H,1,4,7,10H2. The predicted octanol–water partition coefficient (Wildman–Crippen LogP) is 2.89. The fourth-order valence-corrected chi connectivity index (χ4v) is 3.14. The third-order valence-electron chi connectivity index (χ3n) is 4.25. The summed E-state index contributed by atoms with van der Waals surface area (Å²) in [5.74, 6) is 0.547. The topological polar surface area (TPSA) is 42.7 Å². The third-order valence-corrected chi connectivity index (χ3v) is 4.25. The SMILES string of the molecule is c1cnc2ccc(-n3cncc3C3CCCNC3)cc2c1. The molecular weight excluding hydrogens is 260 g/mol. The fraction of sp³-hybridized carbons (Fsp3) is 0.294. The van der Waals surface area contributed by atoms with Gasteiger partial charge in [-0.3, -0.25) is 4.98 Å². The zero-order chi connectivity index (χ0) is 14.1. The lowest BCUT2D eigenvalue weighted by molar-refractivity contribution is 0.451. The van der Waals surface area contributed by atoms with E-state index in [-0.39, 0.29) is 0 Å². The van der Waals surface area contributed by atoms with Crippen LogP contribution in [0, 0.1) is 0 Å². The summed E-state index contributed by atoms with van der Waals surface area (Å²) in [7, 11) is 0. The Balaban J connectivity index is 1.76. The summed E-state index contributed by atoms with van der Waals surface area (Å²) in [4.78, 5) is 8.75. The molecule has 1 fully saturated rings. The van der Waals surface area contributed by atoms with Gasteiger partial charge in [0, 0.05) is 41.6 Å². The van der Waals surface area contributed by atoms with Crippen molar-refractivity contribution in [1.82, 2.24) is 19.9 Å². The molecule has 1 aliphatic rings. The van der Waals surface area contributed by atoms with E-state index in [0.29, 0.717) is 5.92 Å². The molecule has 106 valence electrons. The fourth-order valence-electron chi connectivity index (χ4n) is 3.14. The van der Waals surface area contributed by atoms with E-state index < -0.39 is 0 Å². The maximum absolute atomic E-state index is 4.38. The second-order valence-corrected chi connectivity index (χ2v) is 5.61. The molecule has 2 aromatic heterocycles. The van der Waals surface area contributed by atoms with Crippen LogP contribution in [0.25, 0.3) is 16.6 Å². The first-order chi connectivity index (χ1) is 10.4. The monoisotopic (exact) mass is 278 g/mol. The van der Waals surface area contributed by atoms with Crippen LogP contribution in [0.2, 0.25) is 0 Å². The van der Waals surface area contributed by atoms with Gasteiger partial charge in [-0.2, -0.15) is 0 Å². The number of imidazole rings is 1. The van der Waals surface area contributed by atoms with E-state index in [4.69, 9.17) is 0 Å². The Morgan fingerprint density at radius 2 is 2.24 bits per heavy atom. The predicted molar refractivity (Wildman–Crippen MR) is 83.7 cm³/mol. The van der Waals surface area contributed by atoms with E-state index in [1.54, 1.807) is 0 Å². The maximum atomic E-state index is 4.38. The van der Waals surface area contributed by atoms with Gasteiger partial charge >= 0.3 is 0 Å². The first kappa shape index (κ1) is 12.5. The van der Waals surface area contributed by atoms with Crippen LogP contribution in [-0.2, 0) is 0 Å². The van der Waals surface area contributed by atoms with Crippen molar-refractivity contribution in [2.45, 2.75) is 18.8 Å². The van der Waals surface area contributed by atoms with Crippen LogP contribution in [-0.4, -0.2) is 27.6 Å². The van der Waals surface area contributed by atoms with Gasteiger partial charge in [-0.25, -0.2) is 4.98 Å². The van der Waals surface area contributed by atoms with Gasteiger partial charge in [0.15, 0.2) is 0 Å². The molecule has 4 nitrogen and oxygen atoms in total. The summed E-state index contributed by atoms with van der Waals surface area (Å²) in [6.07, 6.45) is 8.22. The van der Waals surface area contributed by atoms with Gasteiger partial charge in [-0.05, 0) is 43.7 Å². The van der Waals surface area contributed by atoms with E-state index >= 15 is 0 Å². The number of benzene rings is 1. The van der Waals surface area contributed by atoms with Gasteiger partial charge in [0.05, 0.1) is 11.8 Å². The molecule has 4 rings (SSSR count). The number of pyridine rings is 1. The van der Waals surface area contributed by atoms with Crippen LogP contribution in [0.4, 0.5) is 0 Å². The molecule has 0 spiro atoms. The number of hydrogen-bond acceptors (Lipinski definition) is 3. The van der Waals surface area contributed by atoms with Crippen LogP contribution in [0.1, 0.15) is 24.5 Å². The van der Waals surface area contributed by atoms with Gasteiger partial charge < -0.3 is 9.88 Å². The molecule has 1 aliphatic heterocycles. The summed E-state index contributed by atoms with van der Waals surface area (Å²) in [6, 6.07) is 10.5. The minimum atomic E-state index is 0.547. The molecule has 1 unspecified atom stereocenters. The molecule has 3 aromatic rings.